The van der Waals surface area contributed by atoms with Gasteiger partial charge >= 0.3 is 140 Å². The summed E-state index contributed by atoms with van der Waals surface area (Å²) >= 11 is -5.64. The number of hydrogen-bond donors (Lipinski definition) is 0. The molecule has 164 valence electrons. The van der Waals surface area contributed by atoms with Crippen LogP contribution in [-0.4, -0.2) is 60.6 Å². The van der Waals surface area contributed by atoms with Crippen LogP contribution in [0.1, 0.15) is 0 Å². The van der Waals surface area contributed by atoms with Gasteiger partial charge in [-0.25, -0.2) is 0 Å². The van der Waals surface area contributed by atoms with Gasteiger partial charge in [0.05, 0.1) is 0 Å². The Morgan fingerprint density at radius 3 is 0.630 bits per heavy atom. The SMILES string of the molecule is FC(F)(F)C(F)(F)C(F)(F)C(F)(F)[Se]C(F)(F)C(F)(F)C(F)(F)C(F)(F)F. The first-order chi connectivity index (χ1) is 11.2. The van der Waals surface area contributed by atoms with E-state index in [9.17, 15) is 79.0 Å². The Bertz CT molecular complexity index is 489. The second-order valence-corrected chi connectivity index (χ2v) is 7.01. The average Bonchev–Trinajstić information content (AvgIpc) is 2.33. The van der Waals surface area contributed by atoms with E-state index in [1.165, 1.54) is 0 Å². The molecule has 19 heteroatoms. The Morgan fingerprint density at radius 1 is 0.296 bits per heavy atom. The van der Waals surface area contributed by atoms with Crippen LogP contribution in [0.3, 0.4) is 0 Å². The van der Waals surface area contributed by atoms with Gasteiger partial charge in [0.25, 0.3) is 0 Å². The normalized spacial score (nSPS) is 16.7. The molecule has 0 saturated carbocycles. The molecule has 0 nitrogen and oxygen atoms in total. The zero-order chi connectivity index (χ0) is 22.7. The quantitative estimate of drug-likeness (QED) is 0.321. The van der Waals surface area contributed by atoms with Crippen molar-refractivity contribution in [2.45, 2.75) is 45.7 Å². The van der Waals surface area contributed by atoms with Gasteiger partial charge in [0.2, 0.25) is 0 Å². The van der Waals surface area contributed by atoms with E-state index >= 15 is 0 Å². The van der Waals surface area contributed by atoms with Gasteiger partial charge in [-0.05, 0) is 0 Å². The molecule has 0 N–H and O–H groups in total. The summed E-state index contributed by atoms with van der Waals surface area (Å²) in [4.78, 5) is -14.9. The van der Waals surface area contributed by atoms with Crippen molar-refractivity contribution < 1.29 is 79.0 Å². The molecule has 0 aromatic rings. The summed E-state index contributed by atoms with van der Waals surface area (Å²) in [5, 5.41) is 0. The Hall–Kier alpha value is -0.741. The van der Waals surface area contributed by atoms with Crippen LogP contribution in [-0.2, 0) is 0 Å². The molecule has 0 fully saturated rings. The first kappa shape index (κ1) is 26.3. The van der Waals surface area contributed by atoms with Crippen LogP contribution in [0, 0.1) is 0 Å². The van der Waals surface area contributed by atoms with E-state index < -0.39 is 60.6 Å². The van der Waals surface area contributed by atoms with Crippen molar-refractivity contribution in [3.05, 3.63) is 0 Å². The van der Waals surface area contributed by atoms with Gasteiger partial charge in [-0.3, -0.25) is 0 Å². The molecule has 0 radical (unpaired) electrons. The second kappa shape index (κ2) is 6.38. The molecule has 0 amide bonds. The first-order valence-electron chi connectivity index (χ1n) is 5.31. The summed E-state index contributed by atoms with van der Waals surface area (Å²) in [7, 11) is 0. The van der Waals surface area contributed by atoms with Crippen LogP contribution in [0.4, 0.5) is 79.0 Å². The molecule has 27 heavy (non-hydrogen) atoms. The van der Waals surface area contributed by atoms with Crippen molar-refractivity contribution in [3.8, 4) is 0 Å². The van der Waals surface area contributed by atoms with Crippen molar-refractivity contribution >= 4 is 15.0 Å². The summed E-state index contributed by atoms with van der Waals surface area (Å²) < 4.78 is 222. The van der Waals surface area contributed by atoms with Crippen molar-refractivity contribution in [1.82, 2.24) is 0 Å². The van der Waals surface area contributed by atoms with Crippen molar-refractivity contribution in [1.29, 1.82) is 0 Å². The van der Waals surface area contributed by atoms with Crippen LogP contribution in [0.5, 0.6) is 0 Å². The molecule has 0 aliphatic carbocycles. The molecule has 0 rings (SSSR count). The number of rotatable bonds is 6. The fourth-order valence-corrected chi connectivity index (χ4v) is 2.76. The predicted octanol–water partition coefficient (Wildman–Crippen LogP) is 5.54. The summed E-state index contributed by atoms with van der Waals surface area (Å²) in [6.45, 7) is 0. The zero-order valence-electron chi connectivity index (χ0n) is 11.2. The summed E-state index contributed by atoms with van der Waals surface area (Å²) in [6, 6.07) is 0. The second-order valence-electron chi connectivity index (χ2n) is 4.43. The van der Waals surface area contributed by atoms with Gasteiger partial charge in [-0.15, -0.1) is 0 Å². The van der Waals surface area contributed by atoms with Crippen LogP contribution in [0.15, 0.2) is 0 Å². The topological polar surface area (TPSA) is 0 Å². The standard InChI is InChI=1S/C8F18Se/c9-1(10,5(17,18)19)3(13,14)7(23,24)27-8(25,26)4(15,16)2(11,12)6(20,21)22. The fourth-order valence-electron chi connectivity index (χ4n) is 1.01. The molecular weight excluding hydrogens is 517 g/mol. The molecular formula is C8F18Se. The molecule has 0 spiro atoms. The Balaban J connectivity index is 6.19. The molecule has 0 bridgehead atoms. The van der Waals surface area contributed by atoms with E-state index in [1.54, 1.807) is 0 Å². The third-order valence-electron chi connectivity index (χ3n) is 2.49. The van der Waals surface area contributed by atoms with Gasteiger partial charge in [-0.1, -0.05) is 0 Å². The van der Waals surface area contributed by atoms with E-state index in [0.717, 1.165) is 0 Å². The maximum atomic E-state index is 12.9. The van der Waals surface area contributed by atoms with Crippen LogP contribution in [0.25, 0.3) is 0 Å². The molecule has 0 unspecified atom stereocenters. The van der Waals surface area contributed by atoms with Crippen LogP contribution < -0.4 is 0 Å². The Labute approximate surface area is 141 Å². The fraction of sp³-hybridized carbons (Fsp3) is 1.00. The molecule has 0 aliphatic heterocycles. The summed E-state index contributed by atoms with van der Waals surface area (Å²) in [5.41, 5.74) is 0. The summed E-state index contributed by atoms with van der Waals surface area (Å²) in [5.74, 6) is -31.5. The minimum absolute atomic E-state index is 5.64. The van der Waals surface area contributed by atoms with Crippen molar-refractivity contribution in [3.63, 3.8) is 0 Å². The van der Waals surface area contributed by atoms with Crippen LogP contribution in [0.2, 0.25) is 0 Å². The van der Waals surface area contributed by atoms with E-state index in [0.29, 0.717) is 0 Å². The van der Waals surface area contributed by atoms with Crippen molar-refractivity contribution in [2.75, 3.05) is 0 Å². The molecule has 0 heterocycles. The third-order valence-corrected chi connectivity index (χ3v) is 4.64. The monoisotopic (exact) mass is 518 g/mol. The van der Waals surface area contributed by atoms with E-state index in [-0.39, 0.29) is 0 Å². The number of alkyl halides is 18. The number of hydrogen-bond acceptors (Lipinski definition) is 0. The molecule has 0 aromatic carbocycles. The maximum absolute atomic E-state index is 12.9. The number of halogens is 18. The van der Waals surface area contributed by atoms with Gasteiger partial charge < -0.3 is 0 Å². The molecule has 0 saturated heterocycles. The van der Waals surface area contributed by atoms with E-state index in [1.807, 2.05) is 0 Å². The molecule has 0 aromatic heterocycles. The third kappa shape index (κ3) is 3.89. The minimum atomic E-state index is -7.90. The van der Waals surface area contributed by atoms with E-state index in [2.05, 4.69) is 0 Å². The first-order valence-corrected chi connectivity index (χ1v) is 7.02. The zero-order valence-corrected chi connectivity index (χ0v) is 12.9. The van der Waals surface area contributed by atoms with E-state index in [4.69, 9.17) is 0 Å². The van der Waals surface area contributed by atoms with Gasteiger partial charge in [-0.2, -0.15) is 0 Å². The van der Waals surface area contributed by atoms with Gasteiger partial charge in [0.1, 0.15) is 0 Å². The average molecular weight is 517 g/mol. The molecule has 0 aliphatic rings. The summed E-state index contributed by atoms with van der Waals surface area (Å²) in [6.07, 6.45) is -15.1. The van der Waals surface area contributed by atoms with Gasteiger partial charge in [0.15, 0.2) is 0 Å². The van der Waals surface area contributed by atoms with Crippen LogP contribution >= 0.6 is 0 Å². The van der Waals surface area contributed by atoms with Gasteiger partial charge in [0, 0.05) is 0 Å². The Kier molecular flexibility index (Phi) is 6.21. The Morgan fingerprint density at radius 2 is 0.481 bits per heavy atom. The molecule has 0 atom stereocenters. The predicted molar refractivity (Wildman–Crippen MR) is 47.5 cm³/mol. The van der Waals surface area contributed by atoms with Crippen molar-refractivity contribution in [2.24, 2.45) is 0 Å².